The molecule has 0 unspecified atom stereocenters. The van der Waals surface area contributed by atoms with Crippen LogP contribution in [0.1, 0.15) is 5.56 Å². The van der Waals surface area contributed by atoms with E-state index in [9.17, 15) is 0 Å². The fourth-order valence-corrected chi connectivity index (χ4v) is 1.62. The minimum atomic E-state index is 0.574. The van der Waals surface area contributed by atoms with Crippen molar-refractivity contribution in [3.05, 3.63) is 29.8 Å². The zero-order valence-electron chi connectivity index (χ0n) is 9.28. The summed E-state index contributed by atoms with van der Waals surface area (Å²) in [6.45, 7) is 2.73. The summed E-state index contributed by atoms with van der Waals surface area (Å²) in [6, 6.07) is 8.25. The highest BCUT2D eigenvalue weighted by atomic mass is 16.5. The van der Waals surface area contributed by atoms with Gasteiger partial charge in [0, 0.05) is 5.69 Å². The van der Waals surface area contributed by atoms with Gasteiger partial charge in [-0.1, -0.05) is 12.1 Å². The highest BCUT2D eigenvalue weighted by molar-refractivity contribution is 5.96. The lowest BCUT2D eigenvalue weighted by Gasteiger charge is -2.14. The minimum Gasteiger partial charge on any atom is -0.372 e. The molecule has 1 aliphatic rings. The van der Waals surface area contributed by atoms with Crippen LogP contribution in [0.3, 0.4) is 0 Å². The number of hydrogen-bond donors (Lipinski definition) is 2. The smallest absolute Gasteiger partial charge is 0.127 e. The van der Waals surface area contributed by atoms with Gasteiger partial charge in [-0.2, -0.15) is 0 Å². The molecule has 1 aromatic rings. The standard InChI is InChI=1S/C12H17N3O/c13-6-5-10-1-3-11(4-2-10)15-12-9-16-8-7-14-12/h1-4H,5-9,13H2,(H,14,15). The van der Waals surface area contributed by atoms with Crippen molar-refractivity contribution < 1.29 is 4.74 Å². The van der Waals surface area contributed by atoms with Crippen molar-refractivity contribution in [2.75, 3.05) is 31.6 Å². The van der Waals surface area contributed by atoms with Gasteiger partial charge in [-0.3, -0.25) is 4.99 Å². The van der Waals surface area contributed by atoms with Crippen LogP contribution in [0.5, 0.6) is 0 Å². The number of benzene rings is 1. The fourth-order valence-electron chi connectivity index (χ4n) is 1.62. The molecule has 16 heavy (non-hydrogen) atoms. The second-order valence-electron chi connectivity index (χ2n) is 3.74. The number of aliphatic imine (C=N–C) groups is 1. The molecule has 0 saturated carbocycles. The summed E-state index contributed by atoms with van der Waals surface area (Å²) in [5, 5.41) is 3.24. The lowest BCUT2D eigenvalue weighted by molar-refractivity contribution is 0.171. The Morgan fingerprint density at radius 3 is 2.75 bits per heavy atom. The first-order valence-electron chi connectivity index (χ1n) is 5.55. The van der Waals surface area contributed by atoms with Gasteiger partial charge in [-0.15, -0.1) is 0 Å². The lowest BCUT2D eigenvalue weighted by atomic mass is 10.1. The molecule has 0 fully saturated rings. The zero-order valence-corrected chi connectivity index (χ0v) is 9.28. The van der Waals surface area contributed by atoms with Gasteiger partial charge in [0.15, 0.2) is 0 Å². The van der Waals surface area contributed by atoms with Crippen LogP contribution in [-0.2, 0) is 11.2 Å². The van der Waals surface area contributed by atoms with Crippen LogP contribution < -0.4 is 11.1 Å². The Morgan fingerprint density at radius 1 is 1.31 bits per heavy atom. The van der Waals surface area contributed by atoms with Crippen LogP contribution in [-0.4, -0.2) is 32.1 Å². The Morgan fingerprint density at radius 2 is 2.12 bits per heavy atom. The SMILES string of the molecule is NCCc1ccc(NC2=NCCOC2)cc1. The highest BCUT2D eigenvalue weighted by Gasteiger charge is 2.04. The number of nitrogens with zero attached hydrogens (tertiary/aromatic N) is 1. The predicted octanol–water partition coefficient (Wildman–Crippen LogP) is 1.03. The quantitative estimate of drug-likeness (QED) is 0.798. The van der Waals surface area contributed by atoms with Gasteiger partial charge in [0.25, 0.3) is 0 Å². The van der Waals surface area contributed by atoms with E-state index >= 15 is 0 Å². The third-order valence-corrected chi connectivity index (χ3v) is 2.45. The van der Waals surface area contributed by atoms with Crippen molar-refractivity contribution in [1.82, 2.24) is 0 Å². The molecule has 0 aliphatic carbocycles. The summed E-state index contributed by atoms with van der Waals surface area (Å²) in [6.07, 6.45) is 0.921. The third-order valence-electron chi connectivity index (χ3n) is 2.45. The third kappa shape index (κ3) is 3.05. The van der Waals surface area contributed by atoms with Crippen LogP contribution in [0.4, 0.5) is 5.69 Å². The van der Waals surface area contributed by atoms with Gasteiger partial charge < -0.3 is 15.8 Å². The minimum absolute atomic E-state index is 0.574. The van der Waals surface area contributed by atoms with Crippen molar-refractivity contribution >= 4 is 11.5 Å². The van der Waals surface area contributed by atoms with E-state index in [1.165, 1.54) is 5.56 Å². The van der Waals surface area contributed by atoms with Crippen molar-refractivity contribution in [2.45, 2.75) is 6.42 Å². The summed E-state index contributed by atoms with van der Waals surface area (Å²) in [5.74, 6) is 0.901. The Balaban J connectivity index is 1.96. The molecule has 0 saturated heterocycles. The molecule has 86 valence electrons. The van der Waals surface area contributed by atoms with E-state index in [4.69, 9.17) is 10.5 Å². The van der Waals surface area contributed by atoms with Gasteiger partial charge in [-0.25, -0.2) is 0 Å². The van der Waals surface area contributed by atoms with E-state index in [0.717, 1.165) is 31.1 Å². The Labute approximate surface area is 95.5 Å². The first kappa shape index (κ1) is 11.1. The lowest BCUT2D eigenvalue weighted by Crippen LogP contribution is -2.24. The van der Waals surface area contributed by atoms with E-state index in [-0.39, 0.29) is 0 Å². The molecule has 4 heteroatoms. The summed E-state index contributed by atoms with van der Waals surface area (Å²) in [4.78, 5) is 4.34. The molecule has 0 bridgehead atoms. The Hall–Kier alpha value is -1.39. The Kier molecular flexibility index (Phi) is 3.91. The van der Waals surface area contributed by atoms with Crippen LogP contribution >= 0.6 is 0 Å². The van der Waals surface area contributed by atoms with E-state index in [2.05, 4.69) is 22.4 Å². The van der Waals surface area contributed by atoms with Crippen molar-refractivity contribution in [3.8, 4) is 0 Å². The monoisotopic (exact) mass is 219 g/mol. The van der Waals surface area contributed by atoms with Crippen LogP contribution in [0, 0.1) is 0 Å². The molecule has 2 rings (SSSR count). The summed E-state index contributed by atoms with van der Waals surface area (Å²) >= 11 is 0. The number of ether oxygens (including phenoxy) is 1. The van der Waals surface area contributed by atoms with Gasteiger partial charge in [0.1, 0.15) is 12.4 Å². The van der Waals surface area contributed by atoms with Gasteiger partial charge in [0.2, 0.25) is 0 Å². The zero-order chi connectivity index (χ0) is 11.2. The number of nitrogens with two attached hydrogens (primary N) is 1. The normalized spacial score (nSPS) is 15.7. The molecule has 0 radical (unpaired) electrons. The topological polar surface area (TPSA) is 59.6 Å². The molecule has 1 heterocycles. The Bertz CT molecular complexity index is 359. The molecule has 1 aromatic carbocycles. The first-order valence-corrected chi connectivity index (χ1v) is 5.55. The predicted molar refractivity (Wildman–Crippen MR) is 65.9 cm³/mol. The average molecular weight is 219 g/mol. The number of nitrogens with one attached hydrogen (secondary N) is 1. The maximum Gasteiger partial charge on any atom is 0.127 e. The molecule has 0 atom stereocenters. The number of amidine groups is 1. The number of anilines is 1. The van der Waals surface area contributed by atoms with Crippen LogP contribution in [0.25, 0.3) is 0 Å². The molecular formula is C12H17N3O. The second-order valence-corrected chi connectivity index (χ2v) is 3.74. The molecule has 3 N–H and O–H groups in total. The van der Waals surface area contributed by atoms with E-state index in [0.29, 0.717) is 13.2 Å². The van der Waals surface area contributed by atoms with Crippen molar-refractivity contribution in [2.24, 2.45) is 10.7 Å². The van der Waals surface area contributed by atoms with Gasteiger partial charge in [-0.05, 0) is 30.7 Å². The van der Waals surface area contributed by atoms with Crippen molar-refractivity contribution in [1.29, 1.82) is 0 Å². The summed E-state index contributed by atoms with van der Waals surface area (Å²) < 4.78 is 5.31. The molecule has 1 aliphatic heterocycles. The fraction of sp³-hybridized carbons (Fsp3) is 0.417. The number of rotatable bonds is 3. The molecule has 0 amide bonds. The summed E-state index contributed by atoms with van der Waals surface area (Å²) in [5.41, 5.74) is 7.80. The molecule has 4 nitrogen and oxygen atoms in total. The van der Waals surface area contributed by atoms with Gasteiger partial charge >= 0.3 is 0 Å². The molecular weight excluding hydrogens is 202 g/mol. The van der Waals surface area contributed by atoms with Crippen molar-refractivity contribution in [3.63, 3.8) is 0 Å². The second kappa shape index (κ2) is 5.63. The van der Waals surface area contributed by atoms with Crippen LogP contribution in [0.2, 0.25) is 0 Å². The highest BCUT2D eigenvalue weighted by Crippen LogP contribution is 2.10. The maximum atomic E-state index is 5.50. The molecule has 0 aromatic heterocycles. The molecule has 0 spiro atoms. The van der Waals surface area contributed by atoms with E-state index in [1.807, 2.05) is 12.1 Å². The summed E-state index contributed by atoms with van der Waals surface area (Å²) in [7, 11) is 0. The van der Waals surface area contributed by atoms with Gasteiger partial charge in [0.05, 0.1) is 13.2 Å². The first-order chi connectivity index (χ1) is 7.88. The average Bonchev–Trinajstić information content (AvgIpc) is 2.33. The number of hydrogen-bond acceptors (Lipinski definition) is 4. The van der Waals surface area contributed by atoms with Crippen LogP contribution in [0.15, 0.2) is 29.3 Å². The van der Waals surface area contributed by atoms with E-state index in [1.54, 1.807) is 0 Å². The maximum absolute atomic E-state index is 5.50. The largest absolute Gasteiger partial charge is 0.372 e. The van der Waals surface area contributed by atoms with E-state index < -0.39 is 0 Å².